The summed E-state index contributed by atoms with van der Waals surface area (Å²) in [5.41, 5.74) is 8.28. The van der Waals surface area contributed by atoms with Gasteiger partial charge in [-0.25, -0.2) is 8.42 Å². The minimum absolute atomic E-state index is 0.538. The van der Waals surface area contributed by atoms with Crippen molar-refractivity contribution in [2.75, 3.05) is 11.0 Å². The number of aromatic amines is 1. The molecule has 0 unspecified atom stereocenters. The Morgan fingerprint density at radius 3 is 2.56 bits per heavy atom. The molecule has 0 aliphatic heterocycles. The number of rotatable bonds is 4. The van der Waals surface area contributed by atoms with Crippen molar-refractivity contribution in [2.45, 2.75) is 12.8 Å². The number of sulfonamides is 1. The van der Waals surface area contributed by atoms with Gasteiger partial charge in [0, 0.05) is 11.3 Å². The van der Waals surface area contributed by atoms with Gasteiger partial charge in [0.2, 0.25) is 15.8 Å². The van der Waals surface area contributed by atoms with E-state index in [1.807, 2.05) is 30.3 Å². The second kappa shape index (κ2) is 8.05. The van der Waals surface area contributed by atoms with Gasteiger partial charge in [-0.05, 0) is 75.7 Å². The largest absolute Gasteiger partial charge is 0.284 e. The number of H-pyrrole nitrogens is 1. The van der Waals surface area contributed by atoms with Gasteiger partial charge in [-0.2, -0.15) is 5.21 Å². The quantitative estimate of drug-likeness (QED) is 0.498. The van der Waals surface area contributed by atoms with E-state index in [0.717, 1.165) is 41.4 Å². The van der Waals surface area contributed by atoms with Crippen LogP contribution in [0.5, 0.6) is 0 Å². The smallest absolute Gasteiger partial charge is 0.229 e. The minimum atomic E-state index is -3.35. The molecule has 8 heteroatoms. The van der Waals surface area contributed by atoms with Crippen LogP contribution in [0.3, 0.4) is 0 Å². The first-order chi connectivity index (χ1) is 15.5. The number of aromatic nitrogens is 4. The van der Waals surface area contributed by atoms with Crippen LogP contribution in [0.25, 0.3) is 23.0 Å². The highest BCUT2D eigenvalue weighted by Gasteiger charge is 2.19. The fraction of sp³-hybridized carbons (Fsp3) is 0.125. The second-order valence-corrected chi connectivity index (χ2v) is 9.57. The lowest BCUT2D eigenvalue weighted by molar-refractivity contribution is 0.607. The van der Waals surface area contributed by atoms with Gasteiger partial charge in [0.15, 0.2) is 0 Å². The molecule has 4 aromatic rings. The molecule has 1 aromatic heterocycles. The summed E-state index contributed by atoms with van der Waals surface area (Å²) in [4.78, 5) is 0. The fourth-order valence-corrected chi connectivity index (χ4v) is 4.69. The van der Waals surface area contributed by atoms with Crippen molar-refractivity contribution in [1.29, 1.82) is 0 Å². The van der Waals surface area contributed by atoms with Crippen LogP contribution in [0.1, 0.15) is 27.8 Å². The predicted molar refractivity (Wildman–Crippen MR) is 125 cm³/mol. The van der Waals surface area contributed by atoms with Crippen LogP contribution in [0.2, 0.25) is 0 Å². The number of aryl methyl sites for hydroxylation is 2. The van der Waals surface area contributed by atoms with Crippen molar-refractivity contribution < 1.29 is 8.42 Å². The van der Waals surface area contributed by atoms with E-state index >= 15 is 0 Å². The van der Waals surface area contributed by atoms with Crippen LogP contribution in [0.15, 0.2) is 66.7 Å². The third-order valence-electron chi connectivity index (χ3n) is 5.47. The number of benzene rings is 3. The van der Waals surface area contributed by atoms with Gasteiger partial charge >= 0.3 is 0 Å². The Hall–Kier alpha value is -3.78. The molecule has 0 saturated carbocycles. The van der Waals surface area contributed by atoms with Crippen LogP contribution >= 0.6 is 0 Å². The van der Waals surface area contributed by atoms with Crippen LogP contribution in [0.4, 0.5) is 5.69 Å². The highest BCUT2D eigenvalue weighted by Crippen LogP contribution is 2.36. The SMILES string of the molecule is CS(=O)(=O)Nc1cccc(/C=C2\c3ccccc3CCc3cc(-c4nn[nH]n4)ccc32)c1. The highest BCUT2D eigenvalue weighted by molar-refractivity contribution is 7.92. The lowest BCUT2D eigenvalue weighted by atomic mass is 9.91. The second-order valence-electron chi connectivity index (χ2n) is 7.82. The third-order valence-corrected chi connectivity index (χ3v) is 6.08. The first kappa shape index (κ1) is 20.1. The van der Waals surface area contributed by atoms with Gasteiger partial charge in [-0.1, -0.05) is 48.5 Å². The Morgan fingerprint density at radius 1 is 0.938 bits per heavy atom. The summed E-state index contributed by atoms with van der Waals surface area (Å²) in [5.74, 6) is 0.569. The highest BCUT2D eigenvalue weighted by atomic mass is 32.2. The number of anilines is 1. The van der Waals surface area contributed by atoms with Crippen LogP contribution in [0, 0.1) is 0 Å². The normalized spacial score (nSPS) is 14.5. The van der Waals surface area contributed by atoms with Crippen molar-refractivity contribution in [2.24, 2.45) is 0 Å². The Balaban J connectivity index is 1.65. The van der Waals surface area contributed by atoms with E-state index in [4.69, 9.17) is 0 Å². The Bertz CT molecular complexity index is 1430. The third kappa shape index (κ3) is 4.17. The summed E-state index contributed by atoms with van der Waals surface area (Å²) >= 11 is 0. The van der Waals surface area contributed by atoms with Gasteiger partial charge in [0.05, 0.1) is 6.26 Å². The molecule has 160 valence electrons. The molecular formula is C24H21N5O2S. The molecule has 0 atom stereocenters. The van der Waals surface area contributed by atoms with Crippen molar-refractivity contribution >= 4 is 27.4 Å². The van der Waals surface area contributed by atoms with Gasteiger partial charge in [-0.15, -0.1) is 10.2 Å². The summed E-state index contributed by atoms with van der Waals surface area (Å²) in [6.07, 6.45) is 5.08. The van der Waals surface area contributed by atoms with Gasteiger partial charge in [-0.3, -0.25) is 4.72 Å². The molecule has 0 fully saturated rings. The average Bonchev–Trinajstić information content (AvgIpc) is 3.26. The van der Waals surface area contributed by atoms with E-state index in [0.29, 0.717) is 11.5 Å². The van der Waals surface area contributed by atoms with E-state index in [1.165, 1.54) is 16.7 Å². The summed E-state index contributed by atoms with van der Waals surface area (Å²) in [6.45, 7) is 0. The molecule has 0 amide bonds. The predicted octanol–water partition coefficient (Wildman–Crippen LogP) is 3.93. The molecule has 1 aliphatic carbocycles. The van der Waals surface area contributed by atoms with Crippen molar-refractivity contribution in [1.82, 2.24) is 20.6 Å². The number of nitrogens with zero attached hydrogens (tertiary/aromatic N) is 3. The van der Waals surface area contributed by atoms with Crippen LogP contribution in [-0.2, 0) is 22.9 Å². The fourth-order valence-electron chi connectivity index (χ4n) is 4.13. The summed E-state index contributed by atoms with van der Waals surface area (Å²) in [5, 5.41) is 14.4. The molecule has 1 aliphatic rings. The number of tetrazole rings is 1. The average molecular weight is 444 g/mol. The minimum Gasteiger partial charge on any atom is -0.284 e. The molecule has 0 radical (unpaired) electrons. The monoisotopic (exact) mass is 443 g/mol. The molecule has 3 aromatic carbocycles. The van der Waals surface area contributed by atoms with E-state index in [1.54, 1.807) is 6.07 Å². The lowest BCUT2D eigenvalue weighted by Gasteiger charge is -2.13. The van der Waals surface area contributed by atoms with Gasteiger partial charge in [0.25, 0.3) is 0 Å². The molecule has 1 heterocycles. The maximum absolute atomic E-state index is 11.7. The number of hydrogen-bond acceptors (Lipinski definition) is 5. The first-order valence-corrected chi connectivity index (χ1v) is 12.1. The first-order valence-electron chi connectivity index (χ1n) is 10.2. The number of fused-ring (bicyclic) bond motifs is 2. The number of nitrogens with one attached hydrogen (secondary N) is 2. The molecule has 0 spiro atoms. The zero-order chi connectivity index (χ0) is 22.1. The number of hydrogen-bond donors (Lipinski definition) is 2. The summed E-state index contributed by atoms with van der Waals surface area (Å²) in [7, 11) is -3.35. The standard InChI is InChI=1S/C24H21N5O2S/c1-32(30,31)27-20-7-4-5-16(13-20)14-23-21-8-3-2-6-17(21)9-10-18-15-19(11-12-22(18)23)24-25-28-29-26-24/h2-8,11-15,27H,9-10H2,1H3,(H,25,26,28,29)/b23-14+. The molecule has 0 bridgehead atoms. The molecule has 5 rings (SSSR count). The zero-order valence-corrected chi connectivity index (χ0v) is 18.2. The van der Waals surface area contributed by atoms with E-state index < -0.39 is 10.0 Å². The molecule has 0 saturated heterocycles. The summed E-state index contributed by atoms with van der Waals surface area (Å²) in [6, 6.07) is 22.1. The van der Waals surface area contributed by atoms with E-state index in [-0.39, 0.29) is 0 Å². The van der Waals surface area contributed by atoms with Crippen molar-refractivity contribution in [3.05, 3.63) is 94.5 Å². The molecule has 7 nitrogen and oxygen atoms in total. The Morgan fingerprint density at radius 2 is 1.75 bits per heavy atom. The van der Waals surface area contributed by atoms with Crippen LogP contribution in [-0.4, -0.2) is 35.3 Å². The van der Waals surface area contributed by atoms with E-state index in [9.17, 15) is 8.42 Å². The maximum Gasteiger partial charge on any atom is 0.229 e. The molecule has 2 N–H and O–H groups in total. The van der Waals surface area contributed by atoms with Gasteiger partial charge in [0.1, 0.15) is 0 Å². The maximum atomic E-state index is 11.7. The molecule has 32 heavy (non-hydrogen) atoms. The Kier molecular flexibility index (Phi) is 5.07. The van der Waals surface area contributed by atoms with Gasteiger partial charge < -0.3 is 0 Å². The van der Waals surface area contributed by atoms with E-state index in [2.05, 4.69) is 61.8 Å². The topological polar surface area (TPSA) is 101 Å². The zero-order valence-electron chi connectivity index (χ0n) is 17.4. The lowest BCUT2D eigenvalue weighted by Crippen LogP contribution is -2.09. The molecular weight excluding hydrogens is 422 g/mol. The van der Waals surface area contributed by atoms with Crippen molar-refractivity contribution in [3.63, 3.8) is 0 Å². The summed E-state index contributed by atoms with van der Waals surface area (Å²) < 4.78 is 25.9. The van der Waals surface area contributed by atoms with Crippen molar-refractivity contribution in [3.8, 4) is 11.4 Å². The Labute approximate surface area is 186 Å². The van der Waals surface area contributed by atoms with Crippen LogP contribution < -0.4 is 4.72 Å².